The van der Waals surface area contributed by atoms with Crippen LogP contribution in [0.1, 0.15) is 6.42 Å². The molecule has 0 unspecified atom stereocenters. The third-order valence-corrected chi connectivity index (χ3v) is 2.70. The van der Waals surface area contributed by atoms with E-state index in [1.54, 1.807) is 0 Å². The van der Waals surface area contributed by atoms with E-state index in [-0.39, 0.29) is 25.3 Å². The molecule has 4 N–H and O–H groups in total. The summed E-state index contributed by atoms with van der Waals surface area (Å²) in [5, 5.41) is 15.8. The molecule has 0 rings (SSSR count). The number of urea groups is 1. The predicted octanol–water partition coefficient (Wildman–Crippen LogP) is -1.05. The smallest absolute Gasteiger partial charge is 0.323 e. The second-order valence-corrected chi connectivity index (χ2v) is 5.25. The molecule has 104 valence electrons. The Bertz CT molecular complexity index is 406. The molecule has 18 heavy (non-hydrogen) atoms. The highest BCUT2D eigenvalue weighted by Crippen LogP contribution is 1.91. The number of nitrogens with zero attached hydrogens (tertiary/aromatic N) is 1. The molecule has 0 aromatic carbocycles. The molecule has 0 fully saturated rings. The third-order valence-electron chi connectivity index (χ3n) is 1.84. The molecule has 0 spiro atoms. The number of carboxylic acids is 1. The summed E-state index contributed by atoms with van der Waals surface area (Å²) < 4.78 is 21.2. The number of nitrogens with two attached hydrogens (primary N) is 1. The molecule has 0 saturated carbocycles. The number of amides is 2. The first-order valence-corrected chi connectivity index (χ1v) is 6.83. The molecule has 0 aromatic rings. The maximum atomic E-state index is 11.5. The molecule has 0 heterocycles. The summed E-state index contributed by atoms with van der Waals surface area (Å²) in [6.07, 6.45) is 1.56. The SMILES string of the molecule is C=CCN(CC(=O)O)C(=O)NCCCS(N)(=O)=O. The number of carbonyl (C=O) groups excluding carboxylic acids is 1. The highest BCUT2D eigenvalue weighted by molar-refractivity contribution is 7.89. The first kappa shape index (κ1) is 16.4. The Hall–Kier alpha value is -1.61. The number of carboxylic acid groups (broad SMARTS) is 1. The molecule has 9 heteroatoms. The van der Waals surface area contributed by atoms with Gasteiger partial charge >= 0.3 is 12.0 Å². The van der Waals surface area contributed by atoms with Crippen LogP contribution in [0, 0.1) is 0 Å². The lowest BCUT2D eigenvalue weighted by Gasteiger charge is -2.19. The normalized spacial score (nSPS) is 10.7. The van der Waals surface area contributed by atoms with Gasteiger partial charge in [-0.25, -0.2) is 18.4 Å². The van der Waals surface area contributed by atoms with E-state index in [2.05, 4.69) is 11.9 Å². The number of hydrogen-bond donors (Lipinski definition) is 3. The number of aliphatic carboxylic acids is 1. The molecular weight excluding hydrogens is 262 g/mol. The number of hydrogen-bond acceptors (Lipinski definition) is 4. The van der Waals surface area contributed by atoms with Crippen molar-refractivity contribution in [2.24, 2.45) is 5.14 Å². The number of primary sulfonamides is 1. The van der Waals surface area contributed by atoms with Crippen molar-refractivity contribution in [2.45, 2.75) is 6.42 Å². The summed E-state index contributed by atoms with van der Waals surface area (Å²) in [6.45, 7) is 3.15. The van der Waals surface area contributed by atoms with Gasteiger partial charge in [-0.15, -0.1) is 6.58 Å². The Labute approximate surface area is 105 Å². The van der Waals surface area contributed by atoms with E-state index in [1.165, 1.54) is 6.08 Å². The molecule has 0 aliphatic carbocycles. The molecule has 8 nitrogen and oxygen atoms in total. The van der Waals surface area contributed by atoms with Crippen molar-refractivity contribution in [3.63, 3.8) is 0 Å². The Morgan fingerprint density at radius 3 is 2.50 bits per heavy atom. The van der Waals surface area contributed by atoms with Gasteiger partial charge in [0, 0.05) is 13.1 Å². The van der Waals surface area contributed by atoms with Crippen LogP contribution in [0.3, 0.4) is 0 Å². The van der Waals surface area contributed by atoms with Crippen molar-refractivity contribution in [1.82, 2.24) is 10.2 Å². The van der Waals surface area contributed by atoms with Crippen LogP contribution in [0.5, 0.6) is 0 Å². The highest BCUT2D eigenvalue weighted by atomic mass is 32.2. The number of sulfonamides is 1. The van der Waals surface area contributed by atoms with Crippen LogP contribution in [0.25, 0.3) is 0 Å². The molecule has 0 aliphatic rings. The zero-order valence-corrected chi connectivity index (χ0v) is 10.6. The fourth-order valence-corrected chi connectivity index (χ4v) is 1.67. The fourth-order valence-electron chi connectivity index (χ4n) is 1.12. The van der Waals surface area contributed by atoms with E-state index in [0.29, 0.717) is 0 Å². The first-order valence-electron chi connectivity index (χ1n) is 5.12. The minimum absolute atomic E-state index is 0.0906. The largest absolute Gasteiger partial charge is 0.480 e. The molecule has 0 atom stereocenters. The second kappa shape index (κ2) is 7.67. The Balaban J connectivity index is 4.10. The molecule has 0 aliphatic heterocycles. The highest BCUT2D eigenvalue weighted by Gasteiger charge is 2.14. The average molecular weight is 279 g/mol. The van der Waals surface area contributed by atoms with Crippen molar-refractivity contribution in [3.8, 4) is 0 Å². The monoisotopic (exact) mass is 279 g/mol. The predicted molar refractivity (Wildman–Crippen MR) is 65.4 cm³/mol. The van der Waals surface area contributed by atoms with Crippen molar-refractivity contribution in [1.29, 1.82) is 0 Å². The van der Waals surface area contributed by atoms with Crippen LogP contribution < -0.4 is 10.5 Å². The molecule has 0 bridgehead atoms. The van der Waals surface area contributed by atoms with Gasteiger partial charge in [0.25, 0.3) is 0 Å². The van der Waals surface area contributed by atoms with Crippen molar-refractivity contribution >= 4 is 22.0 Å². The zero-order chi connectivity index (χ0) is 14.2. The van der Waals surface area contributed by atoms with E-state index in [1.807, 2.05) is 0 Å². The summed E-state index contributed by atoms with van der Waals surface area (Å²) in [6, 6.07) is -0.591. The Kier molecular flexibility index (Phi) is 6.98. The van der Waals surface area contributed by atoms with E-state index in [9.17, 15) is 18.0 Å². The summed E-state index contributed by atoms with van der Waals surface area (Å²) >= 11 is 0. The van der Waals surface area contributed by atoms with E-state index in [0.717, 1.165) is 4.90 Å². The van der Waals surface area contributed by atoms with Crippen LogP contribution in [0.15, 0.2) is 12.7 Å². The lowest BCUT2D eigenvalue weighted by atomic mass is 10.4. The van der Waals surface area contributed by atoms with Gasteiger partial charge in [0.15, 0.2) is 0 Å². The van der Waals surface area contributed by atoms with Crippen LogP contribution in [0.2, 0.25) is 0 Å². The minimum Gasteiger partial charge on any atom is -0.480 e. The number of rotatable bonds is 8. The number of nitrogens with one attached hydrogen (secondary N) is 1. The van der Waals surface area contributed by atoms with Gasteiger partial charge in [0.05, 0.1) is 5.75 Å². The van der Waals surface area contributed by atoms with E-state index in [4.69, 9.17) is 10.2 Å². The van der Waals surface area contributed by atoms with Gasteiger partial charge in [0.2, 0.25) is 10.0 Å². The molecule has 2 amide bonds. The van der Waals surface area contributed by atoms with Gasteiger partial charge in [-0.2, -0.15) is 0 Å². The van der Waals surface area contributed by atoms with Gasteiger partial charge in [-0.05, 0) is 6.42 Å². The third kappa shape index (κ3) is 8.53. The van der Waals surface area contributed by atoms with Gasteiger partial charge in [-0.3, -0.25) is 4.79 Å². The molecular formula is C9H17N3O5S. The molecule has 0 radical (unpaired) electrons. The van der Waals surface area contributed by atoms with Crippen LogP contribution in [-0.2, 0) is 14.8 Å². The lowest BCUT2D eigenvalue weighted by molar-refractivity contribution is -0.137. The maximum Gasteiger partial charge on any atom is 0.323 e. The summed E-state index contributed by atoms with van der Waals surface area (Å²) in [5.41, 5.74) is 0. The molecule has 0 saturated heterocycles. The second-order valence-electron chi connectivity index (χ2n) is 3.52. The fraction of sp³-hybridized carbons (Fsp3) is 0.556. The van der Waals surface area contributed by atoms with Gasteiger partial charge < -0.3 is 15.3 Å². The maximum absolute atomic E-state index is 11.5. The summed E-state index contributed by atoms with van der Waals surface area (Å²) in [7, 11) is -3.55. The number of carbonyl (C=O) groups is 2. The van der Waals surface area contributed by atoms with E-state index < -0.39 is 28.6 Å². The van der Waals surface area contributed by atoms with Crippen LogP contribution in [-0.4, -0.2) is 55.8 Å². The lowest BCUT2D eigenvalue weighted by Crippen LogP contribution is -2.43. The Morgan fingerprint density at radius 1 is 1.44 bits per heavy atom. The quantitative estimate of drug-likeness (QED) is 0.385. The zero-order valence-electron chi connectivity index (χ0n) is 9.83. The van der Waals surface area contributed by atoms with Crippen molar-refractivity contribution in [3.05, 3.63) is 12.7 Å². The van der Waals surface area contributed by atoms with E-state index >= 15 is 0 Å². The van der Waals surface area contributed by atoms with Crippen molar-refractivity contribution in [2.75, 3.05) is 25.4 Å². The van der Waals surface area contributed by atoms with Crippen molar-refractivity contribution < 1.29 is 23.1 Å². The summed E-state index contributed by atoms with van der Waals surface area (Å²) in [5.74, 6) is -1.38. The van der Waals surface area contributed by atoms with Crippen LogP contribution >= 0.6 is 0 Å². The molecule has 0 aromatic heterocycles. The first-order chi connectivity index (χ1) is 8.26. The summed E-state index contributed by atoms with van der Waals surface area (Å²) in [4.78, 5) is 23.0. The standard InChI is InChI=1S/C9H17N3O5S/c1-2-5-12(7-8(13)14)9(15)11-4-3-6-18(10,16)17/h2H,1,3-7H2,(H,11,15)(H,13,14)(H2,10,16,17). The minimum atomic E-state index is -3.55. The topological polar surface area (TPSA) is 130 Å². The van der Waals surface area contributed by atoms with Crippen LogP contribution in [0.4, 0.5) is 4.79 Å². The van der Waals surface area contributed by atoms with Gasteiger partial charge in [-0.1, -0.05) is 6.08 Å². The van der Waals surface area contributed by atoms with Gasteiger partial charge in [0.1, 0.15) is 6.54 Å². The average Bonchev–Trinajstić information content (AvgIpc) is 2.21. The Morgan fingerprint density at radius 2 is 2.06 bits per heavy atom.